The summed E-state index contributed by atoms with van der Waals surface area (Å²) in [6.45, 7) is 1.46. The van der Waals surface area contributed by atoms with Crippen LogP contribution in [0.25, 0.3) is 6.08 Å². The maximum atomic E-state index is 13.5. The van der Waals surface area contributed by atoms with Crippen LogP contribution < -0.4 is 4.90 Å². The molecule has 3 aliphatic rings. The van der Waals surface area contributed by atoms with Crippen molar-refractivity contribution < 1.29 is 14.4 Å². The van der Waals surface area contributed by atoms with Gasteiger partial charge in [-0.2, -0.15) is 0 Å². The van der Waals surface area contributed by atoms with E-state index < -0.39 is 23.8 Å². The van der Waals surface area contributed by atoms with E-state index >= 15 is 0 Å². The highest BCUT2D eigenvalue weighted by molar-refractivity contribution is 6.38. The third-order valence-corrected chi connectivity index (χ3v) is 6.58. The number of imide groups is 1. The van der Waals surface area contributed by atoms with Crippen LogP contribution in [0.4, 0.5) is 5.69 Å². The Kier molecular flexibility index (Phi) is 4.09. The molecule has 0 bridgehead atoms. The maximum Gasteiger partial charge on any atom is 0.240 e. The average Bonchev–Trinajstić information content (AvgIpc) is 3.17. The molecule has 4 atom stereocenters. The van der Waals surface area contributed by atoms with Gasteiger partial charge in [0.05, 0.1) is 34.6 Å². The number of anilines is 1. The zero-order chi connectivity index (χ0) is 20.4. The topological polar surface area (TPSA) is 57.7 Å². The number of amides is 2. The predicted molar refractivity (Wildman–Crippen MR) is 110 cm³/mol. The molecule has 29 heavy (non-hydrogen) atoms. The van der Waals surface area contributed by atoms with Crippen molar-refractivity contribution in [3.63, 3.8) is 0 Å². The first-order valence-corrected chi connectivity index (χ1v) is 10.0. The monoisotopic (exact) mass is 426 g/mol. The Morgan fingerprint density at radius 3 is 2.48 bits per heavy atom. The number of Topliss-reactive ketones (excluding diaryl/α,β-unsaturated/α-hetero) is 1. The van der Waals surface area contributed by atoms with Crippen LogP contribution in [0.2, 0.25) is 10.0 Å². The van der Waals surface area contributed by atoms with Crippen LogP contribution in [0, 0.1) is 11.8 Å². The van der Waals surface area contributed by atoms with Gasteiger partial charge < -0.3 is 4.90 Å². The van der Waals surface area contributed by atoms with Crippen molar-refractivity contribution >= 4 is 52.6 Å². The number of fused-ring (bicyclic) bond motifs is 5. The Labute approximate surface area is 177 Å². The zero-order valence-electron chi connectivity index (χ0n) is 15.4. The van der Waals surface area contributed by atoms with Crippen molar-refractivity contribution in [3.05, 3.63) is 69.8 Å². The molecule has 0 aromatic heterocycles. The van der Waals surface area contributed by atoms with E-state index in [2.05, 4.69) is 0 Å². The van der Waals surface area contributed by atoms with Gasteiger partial charge in [-0.15, -0.1) is 0 Å². The van der Waals surface area contributed by atoms with Crippen molar-refractivity contribution in [2.45, 2.75) is 19.0 Å². The van der Waals surface area contributed by atoms with Gasteiger partial charge in [0.15, 0.2) is 5.78 Å². The molecule has 5 nitrogen and oxygen atoms in total. The molecule has 3 heterocycles. The van der Waals surface area contributed by atoms with Gasteiger partial charge in [-0.25, -0.2) is 4.90 Å². The van der Waals surface area contributed by atoms with Crippen molar-refractivity contribution in [2.75, 3.05) is 4.90 Å². The Balaban J connectivity index is 1.67. The summed E-state index contributed by atoms with van der Waals surface area (Å²) < 4.78 is 0. The fourth-order valence-corrected chi connectivity index (χ4v) is 5.28. The normalized spacial score (nSPS) is 27.1. The van der Waals surface area contributed by atoms with Gasteiger partial charge in [0.1, 0.15) is 0 Å². The molecule has 5 rings (SSSR count). The summed E-state index contributed by atoms with van der Waals surface area (Å²) in [6, 6.07) is 11.3. The van der Waals surface area contributed by atoms with Crippen molar-refractivity contribution in [3.8, 4) is 0 Å². The van der Waals surface area contributed by atoms with Gasteiger partial charge in [0, 0.05) is 11.2 Å². The number of rotatable bonds is 2. The number of carbonyl (C=O) groups excluding carboxylic acids is 3. The number of ketones is 1. The zero-order valence-corrected chi connectivity index (χ0v) is 16.9. The summed E-state index contributed by atoms with van der Waals surface area (Å²) in [5, 5.41) is 0.633. The molecule has 3 aliphatic heterocycles. The summed E-state index contributed by atoms with van der Waals surface area (Å²) >= 11 is 12.4. The lowest BCUT2D eigenvalue weighted by Crippen LogP contribution is -2.43. The van der Waals surface area contributed by atoms with Gasteiger partial charge in [-0.1, -0.05) is 47.5 Å². The summed E-state index contributed by atoms with van der Waals surface area (Å²) in [5.74, 6) is -2.35. The van der Waals surface area contributed by atoms with E-state index in [0.717, 1.165) is 16.0 Å². The quantitative estimate of drug-likeness (QED) is 0.678. The standard InChI is InChI=1S/C22H16Cl2N2O3/c1-11(27)19-17-18(20-14-5-3-2-4-12(14)8-9-25(19)20)22(29)26(21(17)28)16-10-13(23)6-7-15(16)24/h2-10,17-20H,1H3/t17-,18-,19-,20-/m1/s1. The van der Waals surface area contributed by atoms with E-state index in [4.69, 9.17) is 23.2 Å². The molecule has 0 radical (unpaired) electrons. The Morgan fingerprint density at radius 1 is 1.00 bits per heavy atom. The molecule has 2 aromatic carbocycles. The molecule has 146 valence electrons. The first-order valence-electron chi connectivity index (χ1n) is 9.28. The molecule has 0 unspecified atom stereocenters. The molecule has 2 fully saturated rings. The summed E-state index contributed by atoms with van der Waals surface area (Å²) in [5.41, 5.74) is 2.18. The number of hydrogen-bond donors (Lipinski definition) is 0. The minimum absolute atomic E-state index is 0.147. The second-order valence-electron chi connectivity index (χ2n) is 7.55. The first-order chi connectivity index (χ1) is 13.9. The Morgan fingerprint density at radius 2 is 1.72 bits per heavy atom. The molecule has 0 N–H and O–H groups in total. The highest BCUT2D eigenvalue weighted by atomic mass is 35.5. The highest BCUT2D eigenvalue weighted by Gasteiger charge is 2.64. The van der Waals surface area contributed by atoms with E-state index in [0.29, 0.717) is 5.02 Å². The smallest absolute Gasteiger partial charge is 0.240 e. The molecule has 2 aromatic rings. The van der Waals surface area contributed by atoms with Crippen molar-refractivity contribution in [2.24, 2.45) is 11.8 Å². The number of hydrogen-bond acceptors (Lipinski definition) is 4. The van der Waals surface area contributed by atoms with Crippen LogP contribution in [-0.2, 0) is 14.4 Å². The highest BCUT2D eigenvalue weighted by Crippen LogP contribution is 2.53. The van der Waals surface area contributed by atoms with Crippen LogP contribution in [0.3, 0.4) is 0 Å². The minimum Gasteiger partial charge on any atom is -0.359 e. The molecule has 0 spiro atoms. The molecule has 7 heteroatoms. The van der Waals surface area contributed by atoms with Crippen molar-refractivity contribution in [1.82, 2.24) is 4.90 Å². The molecular formula is C22H16Cl2N2O3. The largest absolute Gasteiger partial charge is 0.359 e. The number of carbonyl (C=O) groups is 3. The molecule has 0 aliphatic carbocycles. The van der Waals surface area contributed by atoms with E-state index in [9.17, 15) is 14.4 Å². The molecule has 2 amide bonds. The first kappa shape index (κ1) is 18.4. The van der Waals surface area contributed by atoms with Crippen LogP contribution in [0.1, 0.15) is 24.1 Å². The molecule has 0 saturated carbocycles. The third-order valence-electron chi connectivity index (χ3n) is 6.03. The summed E-state index contributed by atoms with van der Waals surface area (Å²) in [4.78, 5) is 42.5. The number of nitrogens with zero attached hydrogens (tertiary/aromatic N) is 2. The van der Waals surface area contributed by atoms with Crippen LogP contribution in [-0.4, -0.2) is 28.5 Å². The average molecular weight is 427 g/mol. The van der Waals surface area contributed by atoms with Crippen LogP contribution >= 0.6 is 23.2 Å². The second kappa shape index (κ2) is 6.44. The molecular weight excluding hydrogens is 411 g/mol. The van der Waals surface area contributed by atoms with E-state index in [1.54, 1.807) is 12.1 Å². The lowest BCUT2D eigenvalue weighted by atomic mass is 9.84. The fraction of sp³-hybridized carbons (Fsp3) is 0.227. The van der Waals surface area contributed by atoms with E-state index in [1.165, 1.54) is 13.0 Å². The van der Waals surface area contributed by atoms with Gasteiger partial charge in [-0.3, -0.25) is 14.4 Å². The Hall–Kier alpha value is -2.63. The van der Waals surface area contributed by atoms with Gasteiger partial charge in [0.25, 0.3) is 0 Å². The van der Waals surface area contributed by atoms with Gasteiger partial charge >= 0.3 is 0 Å². The number of benzene rings is 2. The fourth-order valence-electron chi connectivity index (χ4n) is 4.92. The lowest BCUT2D eigenvalue weighted by molar-refractivity contribution is -0.129. The lowest BCUT2D eigenvalue weighted by Gasteiger charge is -2.35. The summed E-state index contributed by atoms with van der Waals surface area (Å²) in [6.07, 6.45) is 3.75. The van der Waals surface area contributed by atoms with Crippen molar-refractivity contribution in [1.29, 1.82) is 0 Å². The second-order valence-corrected chi connectivity index (χ2v) is 8.40. The van der Waals surface area contributed by atoms with Crippen LogP contribution in [0.15, 0.2) is 48.7 Å². The predicted octanol–water partition coefficient (Wildman–Crippen LogP) is 4.10. The molecule has 2 saturated heterocycles. The summed E-state index contributed by atoms with van der Waals surface area (Å²) in [7, 11) is 0. The minimum atomic E-state index is -0.768. The van der Waals surface area contributed by atoms with Gasteiger partial charge in [-0.05, 0) is 42.3 Å². The van der Waals surface area contributed by atoms with Crippen LogP contribution in [0.5, 0.6) is 0 Å². The number of halogens is 2. The van der Waals surface area contributed by atoms with E-state index in [1.807, 2.05) is 41.4 Å². The Bertz CT molecular complexity index is 1110. The van der Waals surface area contributed by atoms with E-state index in [-0.39, 0.29) is 28.4 Å². The third kappa shape index (κ3) is 2.51. The van der Waals surface area contributed by atoms with Gasteiger partial charge in [0.2, 0.25) is 11.8 Å². The maximum absolute atomic E-state index is 13.5. The SMILES string of the molecule is CC(=O)[C@@H]1[C@@H]2C(=O)N(c3cc(Cl)ccc3Cl)C(=O)[C@H]2[C@H]2c3ccccc3C=CN12.